The van der Waals surface area contributed by atoms with E-state index in [-0.39, 0.29) is 11.3 Å². The number of carbonyl (C=O) groups excluding carboxylic acids is 1. The van der Waals surface area contributed by atoms with Crippen LogP contribution in [0.1, 0.15) is 42.4 Å². The van der Waals surface area contributed by atoms with Crippen molar-refractivity contribution in [2.45, 2.75) is 45.2 Å². The zero-order valence-corrected chi connectivity index (χ0v) is 19.4. The van der Waals surface area contributed by atoms with Crippen LogP contribution < -0.4 is 0 Å². The van der Waals surface area contributed by atoms with E-state index < -0.39 is 0 Å². The van der Waals surface area contributed by atoms with E-state index in [4.69, 9.17) is 0 Å². The monoisotopic (exact) mass is 432 g/mol. The molecule has 4 heterocycles. The predicted octanol–water partition coefficient (Wildman–Crippen LogP) is 3.59. The standard InChI is InChI=1S/C27H36N4O/c1-29-15-9-23(10-16-29)26(32)31-19-25-6-3-2-5-24(25)17-27(21-31)11-4-14-30(20-27)18-22-7-12-28-13-8-22/h2-3,5-8,12-13,23H,4,9-11,14-21H2,1H3. The molecule has 1 unspecified atom stereocenters. The van der Waals surface area contributed by atoms with E-state index >= 15 is 0 Å². The summed E-state index contributed by atoms with van der Waals surface area (Å²) in [6, 6.07) is 13.1. The number of hydrogen-bond donors (Lipinski definition) is 0. The zero-order valence-electron chi connectivity index (χ0n) is 19.4. The maximum atomic E-state index is 13.7. The fourth-order valence-electron chi connectivity index (χ4n) is 6.14. The number of fused-ring (bicyclic) bond motifs is 1. The second-order valence-corrected chi connectivity index (χ2v) is 10.4. The van der Waals surface area contributed by atoms with Crippen molar-refractivity contribution in [2.24, 2.45) is 11.3 Å². The Hall–Kier alpha value is -2.24. The van der Waals surface area contributed by atoms with Gasteiger partial charge in [-0.2, -0.15) is 0 Å². The molecule has 0 aliphatic carbocycles. The van der Waals surface area contributed by atoms with Crippen molar-refractivity contribution in [2.75, 3.05) is 39.8 Å². The molecule has 1 atom stereocenters. The molecule has 0 bridgehead atoms. The molecule has 3 aliphatic rings. The summed E-state index contributed by atoms with van der Waals surface area (Å²) in [5, 5.41) is 0. The predicted molar refractivity (Wildman–Crippen MR) is 127 cm³/mol. The number of nitrogens with zero attached hydrogens (tertiary/aromatic N) is 4. The molecule has 2 fully saturated rings. The molecule has 5 nitrogen and oxygen atoms in total. The SMILES string of the molecule is CN1CCC(C(=O)N2Cc3ccccc3CC3(CCCN(Cc4ccncc4)C3)C2)CC1. The van der Waals surface area contributed by atoms with Gasteiger partial charge in [-0.15, -0.1) is 0 Å². The Kier molecular flexibility index (Phi) is 6.29. The smallest absolute Gasteiger partial charge is 0.226 e. The lowest BCUT2D eigenvalue weighted by Crippen LogP contribution is -2.51. The van der Waals surface area contributed by atoms with Crippen LogP contribution in [0, 0.1) is 11.3 Å². The van der Waals surface area contributed by atoms with Crippen LogP contribution in [0.3, 0.4) is 0 Å². The number of piperidine rings is 2. The Labute approximate surface area is 192 Å². The molecule has 32 heavy (non-hydrogen) atoms. The third-order valence-corrected chi connectivity index (χ3v) is 7.85. The van der Waals surface area contributed by atoms with Crippen LogP contribution in [0.25, 0.3) is 0 Å². The number of amides is 1. The number of carbonyl (C=O) groups is 1. The minimum atomic E-state index is 0.138. The van der Waals surface area contributed by atoms with E-state index in [2.05, 4.69) is 63.1 Å². The fourth-order valence-corrected chi connectivity index (χ4v) is 6.14. The van der Waals surface area contributed by atoms with E-state index in [0.717, 1.165) is 65.1 Å². The molecule has 170 valence electrons. The molecule has 0 N–H and O–H groups in total. The average molecular weight is 433 g/mol. The van der Waals surface area contributed by atoms with Gasteiger partial charge in [0.1, 0.15) is 0 Å². The van der Waals surface area contributed by atoms with Crippen molar-refractivity contribution >= 4 is 5.91 Å². The minimum absolute atomic E-state index is 0.138. The van der Waals surface area contributed by atoms with Gasteiger partial charge in [0, 0.05) is 49.9 Å². The highest BCUT2D eigenvalue weighted by Gasteiger charge is 2.41. The molecule has 2 saturated heterocycles. The molecule has 1 spiro atoms. The summed E-state index contributed by atoms with van der Waals surface area (Å²) in [5.74, 6) is 0.574. The minimum Gasteiger partial charge on any atom is -0.338 e. The summed E-state index contributed by atoms with van der Waals surface area (Å²) < 4.78 is 0. The van der Waals surface area contributed by atoms with Crippen LogP contribution >= 0.6 is 0 Å². The number of hydrogen-bond acceptors (Lipinski definition) is 4. The van der Waals surface area contributed by atoms with Crippen LogP contribution in [0.5, 0.6) is 0 Å². The van der Waals surface area contributed by atoms with Gasteiger partial charge < -0.3 is 9.80 Å². The molecule has 0 radical (unpaired) electrons. The summed E-state index contributed by atoms with van der Waals surface area (Å²) in [5.41, 5.74) is 4.25. The lowest BCUT2D eigenvalue weighted by Gasteiger charge is -2.45. The highest BCUT2D eigenvalue weighted by atomic mass is 16.2. The van der Waals surface area contributed by atoms with Crippen LogP contribution in [-0.2, 0) is 24.3 Å². The van der Waals surface area contributed by atoms with Crippen molar-refractivity contribution < 1.29 is 4.79 Å². The molecule has 1 aromatic carbocycles. The van der Waals surface area contributed by atoms with Gasteiger partial charge in [0.15, 0.2) is 0 Å². The van der Waals surface area contributed by atoms with Crippen molar-refractivity contribution in [3.05, 3.63) is 65.5 Å². The lowest BCUT2D eigenvalue weighted by atomic mass is 9.74. The first-order chi connectivity index (χ1) is 15.6. The van der Waals surface area contributed by atoms with Gasteiger partial charge in [0.25, 0.3) is 0 Å². The molecule has 1 amide bonds. The largest absolute Gasteiger partial charge is 0.338 e. The lowest BCUT2D eigenvalue weighted by molar-refractivity contribution is -0.140. The molecule has 1 aromatic heterocycles. The molecular formula is C27H36N4O. The fraction of sp³-hybridized carbons (Fsp3) is 0.556. The second-order valence-electron chi connectivity index (χ2n) is 10.4. The van der Waals surface area contributed by atoms with Gasteiger partial charge in [0.2, 0.25) is 5.91 Å². The van der Waals surface area contributed by atoms with E-state index in [1.165, 1.54) is 29.5 Å². The highest BCUT2D eigenvalue weighted by Crippen LogP contribution is 2.39. The Morgan fingerprint density at radius 3 is 2.56 bits per heavy atom. The topological polar surface area (TPSA) is 39.7 Å². The van der Waals surface area contributed by atoms with Crippen molar-refractivity contribution in [1.29, 1.82) is 0 Å². The van der Waals surface area contributed by atoms with Gasteiger partial charge in [-0.1, -0.05) is 24.3 Å². The molecule has 2 aromatic rings. The van der Waals surface area contributed by atoms with Gasteiger partial charge >= 0.3 is 0 Å². The van der Waals surface area contributed by atoms with Crippen LogP contribution in [-0.4, -0.2) is 65.4 Å². The van der Waals surface area contributed by atoms with Crippen molar-refractivity contribution in [3.8, 4) is 0 Å². The third-order valence-electron chi connectivity index (χ3n) is 7.85. The summed E-state index contributed by atoms with van der Waals surface area (Å²) in [6.07, 6.45) is 9.24. The van der Waals surface area contributed by atoms with E-state index in [1.807, 2.05) is 12.4 Å². The van der Waals surface area contributed by atoms with Crippen LogP contribution in [0.2, 0.25) is 0 Å². The maximum Gasteiger partial charge on any atom is 0.226 e. The number of rotatable bonds is 3. The Morgan fingerprint density at radius 2 is 1.78 bits per heavy atom. The highest BCUT2D eigenvalue weighted by molar-refractivity contribution is 5.79. The first-order valence-corrected chi connectivity index (χ1v) is 12.3. The quantitative estimate of drug-likeness (QED) is 0.743. The number of benzene rings is 1. The Morgan fingerprint density at radius 1 is 1.03 bits per heavy atom. The zero-order chi connectivity index (χ0) is 22.0. The second kappa shape index (κ2) is 9.32. The van der Waals surface area contributed by atoms with Gasteiger partial charge in [-0.25, -0.2) is 0 Å². The first-order valence-electron chi connectivity index (χ1n) is 12.3. The van der Waals surface area contributed by atoms with E-state index in [9.17, 15) is 4.79 Å². The normalized spacial score (nSPS) is 25.5. The first kappa shape index (κ1) is 21.6. The summed E-state index contributed by atoms with van der Waals surface area (Å²) in [7, 11) is 2.16. The molecular weight excluding hydrogens is 396 g/mol. The summed E-state index contributed by atoms with van der Waals surface area (Å²) in [6.45, 7) is 6.88. The number of pyridine rings is 1. The Bertz CT molecular complexity index is 924. The van der Waals surface area contributed by atoms with Gasteiger partial charge in [0.05, 0.1) is 0 Å². The van der Waals surface area contributed by atoms with E-state index in [0.29, 0.717) is 5.91 Å². The molecule has 5 rings (SSSR count). The number of aromatic nitrogens is 1. The van der Waals surface area contributed by atoms with Gasteiger partial charge in [-0.05, 0) is 87.6 Å². The molecule has 3 aliphatic heterocycles. The third kappa shape index (κ3) is 4.74. The Balaban J connectivity index is 1.39. The summed E-state index contributed by atoms with van der Waals surface area (Å²) >= 11 is 0. The van der Waals surface area contributed by atoms with E-state index in [1.54, 1.807) is 0 Å². The molecule has 5 heteroatoms. The number of likely N-dealkylation sites (tertiary alicyclic amines) is 2. The molecule has 0 saturated carbocycles. The summed E-state index contributed by atoms with van der Waals surface area (Å²) in [4.78, 5) is 25.1. The van der Waals surface area contributed by atoms with Gasteiger partial charge in [-0.3, -0.25) is 14.7 Å². The van der Waals surface area contributed by atoms with Crippen molar-refractivity contribution in [3.63, 3.8) is 0 Å². The van der Waals surface area contributed by atoms with Crippen molar-refractivity contribution in [1.82, 2.24) is 19.7 Å². The van der Waals surface area contributed by atoms with Crippen LogP contribution in [0.15, 0.2) is 48.8 Å². The average Bonchev–Trinajstić information content (AvgIpc) is 2.96. The van der Waals surface area contributed by atoms with Crippen LogP contribution in [0.4, 0.5) is 0 Å². The maximum absolute atomic E-state index is 13.7.